The van der Waals surface area contributed by atoms with Gasteiger partial charge in [-0.1, -0.05) is 35.9 Å². The first-order valence-electron chi connectivity index (χ1n) is 8.95. The number of methoxy groups -OCH3 is 1. The summed E-state index contributed by atoms with van der Waals surface area (Å²) in [7, 11) is 1.69. The summed E-state index contributed by atoms with van der Waals surface area (Å²) in [6.07, 6.45) is 13.2. The van der Waals surface area contributed by atoms with Gasteiger partial charge in [-0.25, -0.2) is 4.99 Å². The van der Waals surface area contributed by atoms with E-state index in [-0.39, 0.29) is 17.9 Å². The zero-order valence-electron chi connectivity index (χ0n) is 15.0. The van der Waals surface area contributed by atoms with Crippen LogP contribution in [0, 0.1) is 5.92 Å². The normalized spacial score (nSPS) is 24.1. The van der Waals surface area contributed by atoms with Crippen LogP contribution < -0.4 is 10.6 Å². The topological polar surface area (TPSA) is 66.0 Å². The number of guanidine groups is 1. The van der Waals surface area contributed by atoms with Gasteiger partial charge in [0.05, 0.1) is 24.3 Å². The van der Waals surface area contributed by atoms with E-state index in [1.807, 2.05) is 24.3 Å². The summed E-state index contributed by atoms with van der Waals surface area (Å²) in [6, 6.07) is 0.191. The van der Waals surface area contributed by atoms with Crippen molar-refractivity contribution in [1.29, 1.82) is 0 Å². The Bertz CT molecular complexity index is 681. The fraction of sp³-hybridized carbons (Fsp3) is 0.474. The molecule has 2 atom stereocenters. The number of carbonyl (C=O) groups is 1. The van der Waals surface area contributed by atoms with E-state index in [1.165, 1.54) is 0 Å². The number of fused-ring (bicyclic) bond motifs is 1. The molecule has 0 spiro atoms. The van der Waals surface area contributed by atoms with Gasteiger partial charge < -0.3 is 15.0 Å². The molecule has 7 heteroatoms. The summed E-state index contributed by atoms with van der Waals surface area (Å²) in [5, 5.41) is 7.04. The second-order valence-corrected chi connectivity index (χ2v) is 6.86. The standard InChI is InChI=1S/C19H25ClN4O2/c1-26-13-11-21-10-12-24-17-5-3-2-4-16(17)22-19(24)23-18(25)14-6-8-15(20)9-7-14/h2-4,6,8-9,14,17,21H,5,7,10-13H2,1H3,(H,22,23,25). The van der Waals surface area contributed by atoms with Gasteiger partial charge in [0.25, 0.3) is 0 Å². The van der Waals surface area contributed by atoms with Gasteiger partial charge in [0.2, 0.25) is 11.9 Å². The number of hydrogen-bond acceptors (Lipinski definition) is 5. The Labute approximate surface area is 159 Å². The number of rotatable bonds is 7. The van der Waals surface area contributed by atoms with Crippen molar-refractivity contribution in [2.45, 2.75) is 18.9 Å². The molecule has 140 valence electrons. The van der Waals surface area contributed by atoms with Crippen LogP contribution in [-0.2, 0) is 9.53 Å². The number of halogens is 1. The van der Waals surface area contributed by atoms with Crippen molar-refractivity contribution in [2.75, 3.05) is 33.4 Å². The smallest absolute Gasteiger partial charge is 0.233 e. The molecule has 1 amide bonds. The third kappa shape index (κ3) is 4.63. The molecule has 0 aromatic heterocycles. The largest absolute Gasteiger partial charge is 0.383 e. The van der Waals surface area contributed by atoms with Gasteiger partial charge in [0.15, 0.2) is 0 Å². The lowest BCUT2D eigenvalue weighted by Crippen LogP contribution is -2.49. The molecule has 0 aromatic rings. The number of nitrogens with one attached hydrogen (secondary N) is 2. The minimum absolute atomic E-state index is 0.0510. The number of allylic oxidation sites excluding steroid dienone is 5. The number of carbonyl (C=O) groups excluding carboxylic acids is 1. The molecule has 26 heavy (non-hydrogen) atoms. The number of aliphatic imine (C=N–C) groups is 1. The molecule has 6 nitrogen and oxygen atoms in total. The molecule has 0 saturated carbocycles. The van der Waals surface area contributed by atoms with E-state index in [4.69, 9.17) is 16.3 Å². The van der Waals surface area contributed by atoms with Gasteiger partial charge in [0, 0.05) is 31.8 Å². The molecule has 0 bridgehead atoms. The SMILES string of the molecule is COCCNCCN1C(NC(=O)C2C=CC(Cl)=CC2)=NC2=CC=CCC21. The molecule has 1 heterocycles. The van der Waals surface area contributed by atoms with Gasteiger partial charge in [0.1, 0.15) is 0 Å². The Kier molecular flexibility index (Phi) is 6.66. The van der Waals surface area contributed by atoms with Gasteiger partial charge in [-0.2, -0.15) is 0 Å². The second kappa shape index (κ2) is 9.16. The summed E-state index contributed by atoms with van der Waals surface area (Å²) in [6.45, 7) is 3.05. The van der Waals surface area contributed by atoms with E-state index in [1.54, 1.807) is 13.2 Å². The van der Waals surface area contributed by atoms with E-state index in [0.29, 0.717) is 24.0 Å². The first-order chi connectivity index (χ1) is 12.7. The molecule has 0 fully saturated rings. The zero-order chi connectivity index (χ0) is 18.4. The average molecular weight is 377 g/mol. The highest BCUT2D eigenvalue weighted by atomic mass is 35.5. The highest BCUT2D eigenvalue weighted by Gasteiger charge is 2.33. The molecule has 2 aliphatic carbocycles. The first-order valence-corrected chi connectivity index (χ1v) is 9.33. The Morgan fingerprint density at radius 2 is 2.31 bits per heavy atom. The molecule has 1 aliphatic heterocycles. The third-order valence-corrected chi connectivity index (χ3v) is 4.91. The minimum Gasteiger partial charge on any atom is -0.383 e. The van der Waals surface area contributed by atoms with Crippen LogP contribution in [0.25, 0.3) is 0 Å². The van der Waals surface area contributed by atoms with Crippen molar-refractivity contribution in [3.63, 3.8) is 0 Å². The van der Waals surface area contributed by atoms with Gasteiger partial charge in [-0.3, -0.25) is 10.1 Å². The van der Waals surface area contributed by atoms with E-state index in [9.17, 15) is 4.79 Å². The Balaban J connectivity index is 1.61. The van der Waals surface area contributed by atoms with E-state index >= 15 is 0 Å². The van der Waals surface area contributed by atoms with Crippen molar-refractivity contribution in [3.05, 3.63) is 47.2 Å². The molecule has 3 rings (SSSR count). The van der Waals surface area contributed by atoms with Gasteiger partial charge >= 0.3 is 0 Å². The van der Waals surface area contributed by atoms with Crippen LogP contribution in [0.2, 0.25) is 0 Å². The van der Waals surface area contributed by atoms with Crippen molar-refractivity contribution < 1.29 is 9.53 Å². The quantitative estimate of drug-likeness (QED) is 0.666. The monoisotopic (exact) mass is 376 g/mol. The summed E-state index contributed by atoms with van der Waals surface area (Å²) in [4.78, 5) is 19.4. The molecule has 0 radical (unpaired) electrons. The Morgan fingerprint density at radius 1 is 1.42 bits per heavy atom. The fourth-order valence-corrected chi connectivity index (χ4v) is 3.35. The molecule has 3 aliphatic rings. The number of hydrogen-bond donors (Lipinski definition) is 2. The van der Waals surface area contributed by atoms with Crippen molar-refractivity contribution in [1.82, 2.24) is 15.5 Å². The third-order valence-electron chi connectivity index (χ3n) is 4.63. The van der Waals surface area contributed by atoms with E-state index in [2.05, 4.69) is 26.6 Å². The van der Waals surface area contributed by atoms with Crippen LogP contribution in [0.15, 0.2) is 52.2 Å². The second-order valence-electron chi connectivity index (χ2n) is 6.42. The lowest BCUT2D eigenvalue weighted by Gasteiger charge is -2.29. The number of amides is 1. The van der Waals surface area contributed by atoms with Crippen LogP contribution in [0.3, 0.4) is 0 Å². The van der Waals surface area contributed by atoms with Crippen molar-refractivity contribution >= 4 is 23.5 Å². The molecular formula is C19H25ClN4O2. The number of nitrogens with zero attached hydrogens (tertiary/aromatic N) is 2. The van der Waals surface area contributed by atoms with E-state index < -0.39 is 0 Å². The summed E-state index contributed by atoms with van der Waals surface area (Å²) in [5.74, 6) is 0.374. The predicted octanol–water partition coefficient (Wildman–Crippen LogP) is 1.92. The zero-order valence-corrected chi connectivity index (χ0v) is 15.7. The number of ether oxygens (including phenoxy) is 1. The first kappa shape index (κ1) is 18.9. The van der Waals surface area contributed by atoms with Crippen molar-refractivity contribution in [3.8, 4) is 0 Å². The summed E-state index contributed by atoms with van der Waals surface area (Å²) < 4.78 is 5.05. The molecule has 2 N–H and O–H groups in total. The highest BCUT2D eigenvalue weighted by Crippen LogP contribution is 2.27. The van der Waals surface area contributed by atoms with Crippen LogP contribution in [0.4, 0.5) is 0 Å². The van der Waals surface area contributed by atoms with Gasteiger partial charge in [-0.05, 0) is 25.0 Å². The molecular weight excluding hydrogens is 352 g/mol. The van der Waals surface area contributed by atoms with Crippen LogP contribution in [0.5, 0.6) is 0 Å². The Morgan fingerprint density at radius 3 is 3.08 bits per heavy atom. The highest BCUT2D eigenvalue weighted by molar-refractivity contribution is 6.31. The summed E-state index contributed by atoms with van der Waals surface area (Å²) in [5.41, 5.74) is 1.00. The molecule has 0 saturated heterocycles. The molecule has 0 aromatic carbocycles. The maximum absolute atomic E-state index is 12.6. The maximum atomic E-state index is 12.6. The molecule has 2 unspecified atom stereocenters. The van der Waals surface area contributed by atoms with E-state index in [0.717, 1.165) is 31.8 Å². The average Bonchev–Trinajstić information content (AvgIpc) is 2.99. The fourth-order valence-electron chi connectivity index (χ4n) is 3.19. The lowest BCUT2D eigenvalue weighted by atomic mass is 10.00. The van der Waals surface area contributed by atoms with Crippen LogP contribution in [-0.4, -0.2) is 56.2 Å². The van der Waals surface area contributed by atoms with Crippen molar-refractivity contribution in [2.24, 2.45) is 10.9 Å². The maximum Gasteiger partial charge on any atom is 0.233 e. The predicted molar refractivity (Wildman–Crippen MR) is 104 cm³/mol. The van der Waals surface area contributed by atoms with Gasteiger partial charge in [-0.15, -0.1) is 0 Å². The lowest BCUT2D eigenvalue weighted by molar-refractivity contribution is -0.122. The minimum atomic E-state index is -0.211. The summed E-state index contributed by atoms with van der Waals surface area (Å²) >= 11 is 5.94. The van der Waals surface area contributed by atoms with Crippen LogP contribution in [0.1, 0.15) is 12.8 Å². The Hall–Kier alpha value is -1.89. The van der Waals surface area contributed by atoms with Crippen LogP contribution >= 0.6 is 11.6 Å².